The van der Waals surface area contributed by atoms with E-state index in [1.54, 1.807) is 25.1 Å². The van der Waals surface area contributed by atoms with Gasteiger partial charge < -0.3 is 5.32 Å². The zero-order valence-electron chi connectivity index (χ0n) is 8.71. The molecule has 0 heterocycles. The molecule has 1 atom stereocenters. The topological polar surface area (TPSA) is 29.1 Å². The number of hydrogen-bond acceptors (Lipinski definition) is 1. The van der Waals surface area contributed by atoms with Crippen LogP contribution in [-0.2, 0) is 11.2 Å². The predicted octanol–water partition coefficient (Wildman–Crippen LogP) is 2.65. The van der Waals surface area contributed by atoms with Crippen LogP contribution in [0.2, 0.25) is 5.02 Å². The van der Waals surface area contributed by atoms with Crippen LogP contribution in [0.1, 0.15) is 12.5 Å². The lowest BCUT2D eigenvalue weighted by Gasteiger charge is -2.14. The Bertz CT molecular complexity index is 371. The number of rotatable bonds is 4. The number of benzene rings is 1. The van der Waals surface area contributed by atoms with E-state index in [9.17, 15) is 13.6 Å². The Hall–Kier alpha value is -1.16. The summed E-state index contributed by atoms with van der Waals surface area (Å²) in [5.41, 5.74) is 0.825. The summed E-state index contributed by atoms with van der Waals surface area (Å²) in [5.74, 6) is -1.25. The molecule has 1 aromatic rings. The van der Waals surface area contributed by atoms with E-state index < -0.39 is 12.3 Å². The number of hydrogen-bond donors (Lipinski definition) is 1. The van der Waals surface area contributed by atoms with Crippen LogP contribution in [0.25, 0.3) is 0 Å². The van der Waals surface area contributed by atoms with E-state index in [4.69, 9.17) is 11.6 Å². The molecular weight excluding hydrogens is 236 g/mol. The minimum absolute atomic E-state index is 0.374. The van der Waals surface area contributed by atoms with E-state index in [-0.39, 0.29) is 6.04 Å². The van der Waals surface area contributed by atoms with Crippen LogP contribution in [0.5, 0.6) is 0 Å². The van der Waals surface area contributed by atoms with E-state index >= 15 is 0 Å². The van der Waals surface area contributed by atoms with Crippen LogP contribution in [0.3, 0.4) is 0 Å². The molecule has 0 aliphatic rings. The molecule has 1 unspecified atom stereocenters. The van der Waals surface area contributed by atoms with Crippen molar-refractivity contribution >= 4 is 17.5 Å². The van der Waals surface area contributed by atoms with E-state index in [1.807, 2.05) is 6.07 Å². The second-order valence-electron chi connectivity index (χ2n) is 3.51. The Balaban J connectivity index is 2.55. The molecule has 2 nitrogen and oxygen atoms in total. The van der Waals surface area contributed by atoms with Gasteiger partial charge in [0.2, 0.25) is 0 Å². The lowest BCUT2D eigenvalue weighted by atomic mass is 10.1. The quantitative estimate of drug-likeness (QED) is 0.871. The normalized spacial score (nSPS) is 12.6. The zero-order chi connectivity index (χ0) is 12.1. The van der Waals surface area contributed by atoms with Gasteiger partial charge in [-0.2, -0.15) is 8.78 Å². The fourth-order valence-electron chi connectivity index (χ4n) is 1.35. The monoisotopic (exact) mass is 247 g/mol. The second kappa shape index (κ2) is 5.80. The maximum Gasteiger partial charge on any atom is 0.315 e. The van der Waals surface area contributed by atoms with Crippen molar-refractivity contribution in [1.29, 1.82) is 0 Å². The predicted molar refractivity (Wildman–Crippen MR) is 58.8 cm³/mol. The van der Waals surface area contributed by atoms with Crippen LogP contribution < -0.4 is 5.32 Å². The molecule has 1 rings (SSSR count). The fraction of sp³-hybridized carbons (Fsp3) is 0.364. The highest BCUT2D eigenvalue weighted by atomic mass is 35.5. The fourth-order valence-corrected chi connectivity index (χ4v) is 1.56. The lowest BCUT2D eigenvalue weighted by molar-refractivity contribution is -0.132. The van der Waals surface area contributed by atoms with Crippen molar-refractivity contribution in [3.8, 4) is 0 Å². The number of halogens is 3. The summed E-state index contributed by atoms with van der Waals surface area (Å²) in [6, 6.07) is 6.74. The number of alkyl halides is 2. The highest BCUT2D eigenvalue weighted by Gasteiger charge is 2.17. The molecule has 0 aliphatic heterocycles. The van der Waals surface area contributed by atoms with Gasteiger partial charge in [-0.1, -0.05) is 29.8 Å². The second-order valence-corrected chi connectivity index (χ2v) is 3.91. The smallest absolute Gasteiger partial charge is 0.315 e. The minimum atomic E-state index is -2.98. The van der Waals surface area contributed by atoms with Crippen molar-refractivity contribution in [2.45, 2.75) is 25.8 Å². The van der Waals surface area contributed by atoms with Crippen molar-refractivity contribution in [2.75, 3.05) is 0 Å². The first kappa shape index (κ1) is 12.9. The SMILES string of the molecule is CC(Cc1ccccc1Cl)NC(=O)C(F)F. The Kier molecular flexibility index (Phi) is 4.68. The molecular formula is C11H12ClF2NO. The molecule has 1 aromatic carbocycles. The van der Waals surface area contributed by atoms with Gasteiger partial charge in [-0.05, 0) is 25.0 Å². The summed E-state index contributed by atoms with van der Waals surface area (Å²) in [7, 11) is 0. The lowest BCUT2D eigenvalue weighted by Crippen LogP contribution is -2.37. The maximum absolute atomic E-state index is 12.0. The summed E-state index contributed by atoms with van der Waals surface area (Å²) >= 11 is 5.91. The van der Waals surface area contributed by atoms with Crippen LogP contribution in [0.15, 0.2) is 24.3 Å². The maximum atomic E-state index is 12.0. The molecule has 0 aliphatic carbocycles. The van der Waals surface area contributed by atoms with Gasteiger partial charge in [0, 0.05) is 11.1 Å². The first-order valence-electron chi connectivity index (χ1n) is 4.82. The van der Waals surface area contributed by atoms with Crippen LogP contribution in [-0.4, -0.2) is 18.4 Å². The van der Waals surface area contributed by atoms with Crippen LogP contribution in [0.4, 0.5) is 8.78 Å². The zero-order valence-corrected chi connectivity index (χ0v) is 9.47. The Morgan fingerprint density at radius 3 is 2.62 bits per heavy atom. The standard InChI is InChI=1S/C11H12ClF2NO/c1-7(15-11(16)10(13)14)6-8-4-2-3-5-9(8)12/h2-5,7,10H,6H2,1H3,(H,15,16). The van der Waals surface area contributed by atoms with Crippen molar-refractivity contribution < 1.29 is 13.6 Å². The summed E-state index contributed by atoms with van der Waals surface area (Å²) in [5, 5.41) is 2.78. The highest BCUT2D eigenvalue weighted by Crippen LogP contribution is 2.16. The average Bonchev–Trinajstić information content (AvgIpc) is 2.21. The molecule has 1 N–H and O–H groups in total. The number of amides is 1. The average molecular weight is 248 g/mol. The van der Waals surface area contributed by atoms with E-state index in [1.165, 1.54) is 0 Å². The van der Waals surface area contributed by atoms with E-state index in [2.05, 4.69) is 5.32 Å². The van der Waals surface area contributed by atoms with Gasteiger partial charge >= 0.3 is 6.43 Å². The van der Waals surface area contributed by atoms with Crippen molar-refractivity contribution in [2.24, 2.45) is 0 Å². The number of carbonyl (C=O) groups is 1. The third-order valence-corrected chi connectivity index (χ3v) is 2.44. The van der Waals surface area contributed by atoms with Gasteiger partial charge in [0.25, 0.3) is 5.91 Å². The van der Waals surface area contributed by atoms with Gasteiger partial charge in [-0.3, -0.25) is 4.79 Å². The Labute approximate surface area is 97.6 Å². The molecule has 16 heavy (non-hydrogen) atoms. The van der Waals surface area contributed by atoms with Crippen molar-refractivity contribution in [3.63, 3.8) is 0 Å². The largest absolute Gasteiger partial charge is 0.348 e. The summed E-state index contributed by atoms with van der Waals surface area (Å²) < 4.78 is 23.9. The van der Waals surface area contributed by atoms with Gasteiger partial charge in [0.1, 0.15) is 0 Å². The molecule has 1 amide bonds. The first-order valence-corrected chi connectivity index (χ1v) is 5.20. The van der Waals surface area contributed by atoms with Crippen molar-refractivity contribution in [1.82, 2.24) is 5.32 Å². The summed E-state index contributed by atoms with van der Waals surface area (Å²) in [6.45, 7) is 1.66. The van der Waals surface area contributed by atoms with Gasteiger partial charge in [-0.25, -0.2) is 0 Å². The summed E-state index contributed by atoms with van der Waals surface area (Å²) in [6.07, 6.45) is -2.55. The van der Waals surface area contributed by atoms with Crippen LogP contribution >= 0.6 is 11.6 Å². The van der Waals surface area contributed by atoms with Gasteiger partial charge in [-0.15, -0.1) is 0 Å². The first-order chi connectivity index (χ1) is 7.50. The van der Waals surface area contributed by atoms with E-state index in [0.717, 1.165) is 5.56 Å². The number of carbonyl (C=O) groups excluding carboxylic acids is 1. The molecule has 0 saturated heterocycles. The molecule has 0 bridgehead atoms. The number of nitrogens with one attached hydrogen (secondary N) is 1. The molecule has 0 radical (unpaired) electrons. The molecule has 5 heteroatoms. The van der Waals surface area contributed by atoms with Gasteiger partial charge in [0.05, 0.1) is 0 Å². The summed E-state index contributed by atoms with van der Waals surface area (Å²) in [4.78, 5) is 10.7. The minimum Gasteiger partial charge on any atom is -0.348 e. The molecule has 0 aromatic heterocycles. The van der Waals surface area contributed by atoms with Crippen molar-refractivity contribution in [3.05, 3.63) is 34.9 Å². The third-order valence-electron chi connectivity index (χ3n) is 2.07. The van der Waals surface area contributed by atoms with E-state index in [0.29, 0.717) is 11.4 Å². The molecule has 88 valence electrons. The highest BCUT2D eigenvalue weighted by molar-refractivity contribution is 6.31. The Morgan fingerprint density at radius 2 is 2.06 bits per heavy atom. The van der Waals surface area contributed by atoms with Gasteiger partial charge in [0.15, 0.2) is 0 Å². The molecule has 0 saturated carbocycles. The third kappa shape index (κ3) is 3.77. The van der Waals surface area contributed by atoms with Crippen LogP contribution in [0, 0.1) is 0 Å². The Morgan fingerprint density at radius 1 is 1.44 bits per heavy atom. The molecule has 0 fully saturated rings. The molecule has 0 spiro atoms.